The topological polar surface area (TPSA) is 121 Å². The summed E-state index contributed by atoms with van der Waals surface area (Å²) in [6.45, 7) is 0. The van der Waals surface area contributed by atoms with E-state index in [0.29, 0.717) is 5.02 Å². The van der Waals surface area contributed by atoms with Gasteiger partial charge >= 0.3 is 11.9 Å². The van der Waals surface area contributed by atoms with Gasteiger partial charge < -0.3 is 10.2 Å². The minimum atomic E-state index is -4.17. The van der Waals surface area contributed by atoms with Gasteiger partial charge in [-0.3, -0.25) is 9.59 Å². The van der Waals surface area contributed by atoms with E-state index in [4.69, 9.17) is 21.8 Å². The number of aliphatic carboxylic acids is 2. The van der Waals surface area contributed by atoms with Crippen LogP contribution in [0, 0.1) is 0 Å². The standard InChI is InChI=1S/C16H14ClNO6S/c17-12-5-1-10(2-6-12)11-3-7-13(8-4-11)25(23,24)18-14(16(21)22)9-15(19)20/h1-8,14,18H,9H2,(H,19,20)(H,21,22)/t14-/m1/s1. The van der Waals surface area contributed by atoms with Crippen molar-refractivity contribution in [3.63, 3.8) is 0 Å². The van der Waals surface area contributed by atoms with E-state index in [0.717, 1.165) is 11.1 Å². The number of carboxylic acids is 2. The van der Waals surface area contributed by atoms with Crippen LogP contribution in [-0.4, -0.2) is 36.6 Å². The minimum Gasteiger partial charge on any atom is -0.481 e. The zero-order chi connectivity index (χ0) is 18.6. The van der Waals surface area contributed by atoms with Crippen LogP contribution < -0.4 is 4.72 Å². The third-order valence-corrected chi connectivity index (χ3v) is 5.06. The van der Waals surface area contributed by atoms with Gasteiger partial charge in [-0.05, 0) is 35.4 Å². The van der Waals surface area contributed by atoms with Crippen molar-refractivity contribution in [2.45, 2.75) is 17.4 Å². The molecule has 9 heteroatoms. The molecule has 2 aromatic carbocycles. The van der Waals surface area contributed by atoms with E-state index in [1.54, 1.807) is 36.4 Å². The van der Waals surface area contributed by atoms with Crippen molar-refractivity contribution in [3.8, 4) is 11.1 Å². The summed E-state index contributed by atoms with van der Waals surface area (Å²) in [5, 5.41) is 18.2. The number of hydrogen-bond acceptors (Lipinski definition) is 4. The summed E-state index contributed by atoms with van der Waals surface area (Å²) in [4.78, 5) is 21.5. The molecule has 132 valence electrons. The van der Waals surface area contributed by atoms with Gasteiger partial charge in [-0.2, -0.15) is 4.72 Å². The van der Waals surface area contributed by atoms with Gasteiger partial charge in [-0.15, -0.1) is 0 Å². The zero-order valence-corrected chi connectivity index (χ0v) is 14.3. The van der Waals surface area contributed by atoms with E-state index < -0.39 is 34.4 Å². The number of benzene rings is 2. The van der Waals surface area contributed by atoms with Crippen molar-refractivity contribution >= 4 is 33.6 Å². The van der Waals surface area contributed by atoms with Crippen LogP contribution in [0.5, 0.6) is 0 Å². The molecule has 1 atom stereocenters. The first-order chi connectivity index (χ1) is 11.7. The predicted molar refractivity (Wildman–Crippen MR) is 90.9 cm³/mol. The van der Waals surface area contributed by atoms with E-state index in [1.807, 2.05) is 4.72 Å². The zero-order valence-electron chi connectivity index (χ0n) is 12.7. The Hall–Kier alpha value is -2.42. The van der Waals surface area contributed by atoms with Crippen LogP contribution >= 0.6 is 11.6 Å². The Balaban J connectivity index is 2.23. The van der Waals surface area contributed by atoms with E-state index in [1.165, 1.54) is 12.1 Å². The fourth-order valence-electron chi connectivity index (χ4n) is 2.08. The van der Waals surface area contributed by atoms with Gasteiger partial charge in [0.15, 0.2) is 0 Å². The molecule has 0 aromatic heterocycles. The van der Waals surface area contributed by atoms with Crippen molar-refractivity contribution < 1.29 is 28.2 Å². The van der Waals surface area contributed by atoms with Crippen molar-refractivity contribution in [2.24, 2.45) is 0 Å². The summed E-state index contributed by atoms with van der Waals surface area (Å²) in [7, 11) is -4.17. The molecule has 0 bridgehead atoms. The van der Waals surface area contributed by atoms with Crippen LogP contribution in [0.1, 0.15) is 6.42 Å². The molecule has 2 rings (SSSR count). The molecule has 25 heavy (non-hydrogen) atoms. The maximum atomic E-state index is 12.2. The molecule has 0 heterocycles. The Bertz CT molecular complexity index is 878. The van der Waals surface area contributed by atoms with Crippen LogP contribution in [0.15, 0.2) is 53.4 Å². The summed E-state index contributed by atoms with van der Waals surface area (Å²) >= 11 is 5.82. The van der Waals surface area contributed by atoms with Gasteiger partial charge in [0.2, 0.25) is 10.0 Å². The lowest BCUT2D eigenvalue weighted by atomic mass is 10.1. The Kier molecular flexibility index (Phi) is 5.78. The molecule has 0 radical (unpaired) electrons. The van der Waals surface area contributed by atoms with Gasteiger partial charge in [-0.1, -0.05) is 35.9 Å². The number of halogens is 1. The number of hydrogen-bond donors (Lipinski definition) is 3. The van der Waals surface area contributed by atoms with Crippen molar-refractivity contribution in [2.75, 3.05) is 0 Å². The van der Waals surface area contributed by atoms with E-state index in [2.05, 4.69) is 0 Å². The second-order valence-corrected chi connectivity index (χ2v) is 7.29. The SMILES string of the molecule is O=C(O)C[C@@H](NS(=O)(=O)c1ccc(-c2ccc(Cl)cc2)cc1)C(=O)O. The Morgan fingerprint density at radius 3 is 1.88 bits per heavy atom. The van der Waals surface area contributed by atoms with Gasteiger partial charge in [0.1, 0.15) is 6.04 Å². The molecule has 0 aliphatic heterocycles. The molecular weight excluding hydrogens is 370 g/mol. The number of nitrogens with one attached hydrogen (secondary N) is 1. The highest BCUT2D eigenvalue weighted by atomic mass is 35.5. The number of rotatable bonds is 7. The number of sulfonamides is 1. The Morgan fingerprint density at radius 1 is 0.960 bits per heavy atom. The van der Waals surface area contributed by atoms with Crippen molar-refractivity contribution in [1.29, 1.82) is 0 Å². The molecule has 0 amide bonds. The first kappa shape index (κ1) is 18.9. The van der Waals surface area contributed by atoms with Crippen LogP contribution in [0.25, 0.3) is 11.1 Å². The average molecular weight is 384 g/mol. The number of carbonyl (C=O) groups is 2. The third kappa shape index (κ3) is 5.02. The first-order valence-corrected chi connectivity index (χ1v) is 8.88. The summed E-state index contributed by atoms with van der Waals surface area (Å²) in [6, 6.07) is 10.9. The van der Waals surface area contributed by atoms with E-state index in [9.17, 15) is 18.0 Å². The first-order valence-electron chi connectivity index (χ1n) is 7.02. The van der Waals surface area contributed by atoms with Gasteiger partial charge in [-0.25, -0.2) is 8.42 Å². The quantitative estimate of drug-likeness (QED) is 0.674. The molecule has 7 nitrogen and oxygen atoms in total. The average Bonchev–Trinajstić information content (AvgIpc) is 2.54. The second-order valence-electron chi connectivity index (χ2n) is 5.14. The molecule has 0 aliphatic carbocycles. The monoisotopic (exact) mass is 383 g/mol. The summed E-state index contributed by atoms with van der Waals surface area (Å²) in [5.74, 6) is -2.99. The normalized spacial score (nSPS) is 12.5. The molecule has 0 saturated carbocycles. The molecule has 0 spiro atoms. The second kappa shape index (κ2) is 7.64. The molecule has 0 fully saturated rings. The van der Waals surface area contributed by atoms with Gasteiger partial charge in [0.05, 0.1) is 11.3 Å². The van der Waals surface area contributed by atoms with E-state index >= 15 is 0 Å². The van der Waals surface area contributed by atoms with Crippen LogP contribution in [0.2, 0.25) is 5.02 Å². The summed E-state index contributed by atoms with van der Waals surface area (Å²) < 4.78 is 26.4. The highest BCUT2D eigenvalue weighted by Crippen LogP contribution is 2.23. The molecular formula is C16H14ClNO6S. The summed E-state index contributed by atoms with van der Waals surface area (Å²) in [5.41, 5.74) is 1.58. The third-order valence-electron chi connectivity index (χ3n) is 3.32. The maximum Gasteiger partial charge on any atom is 0.322 e. The fraction of sp³-hybridized carbons (Fsp3) is 0.125. The Morgan fingerprint density at radius 2 is 1.44 bits per heavy atom. The highest BCUT2D eigenvalue weighted by Gasteiger charge is 2.27. The largest absolute Gasteiger partial charge is 0.481 e. The highest BCUT2D eigenvalue weighted by molar-refractivity contribution is 7.89. The predicted octanol–water partition coefficient (Wildman–Crippen LogP) is 2.21. The minimum absolute atomic E-state index is 0.165. The smallest absolute Gasteiger partial charge is 0.322 e. The van der Waals surface area contributed by atoms with Gasteiger partial charge in [0, 0.05) is 5.02 Å². The molecule has 2 aromatic rings. The van der Waals surface area contributed by atoms with Crippen LogP contribution in [-0.2, 0) is 19.6 Å². The summed E-state index contributed by atoms with van der Waals surface area (Å²) in [6.07, 6.45) is -0.864. The van der Waals surface area contributed by atoms with E-state index in [-0.39, 0.29) is 4.90 Å². The lowest BCUT2D eigenvalue weighted by Crippen LogP contribution is -2.42. The number of carboxylic acid groups (broad SMARTS) is 2. The molecule has 0 saturated heterocycles. The van der Waals surface area contributed by atoms with Crippen molar-refractivity contribution in [3.05, 3.63) is 53.6 Å². The van der Waals surface area contributed by atoms with Crippen LogP contribution in [0.4, 0.5) is 0 Å². The lowest BCUT2D eigenvalue weighted by Gasteiger charge is -2.13. The Labute approximate surface area is 148 Å². The van der Waals surface area contributed by atoms with Crippen molar-refractivity contribution in [1.82, 2.24) is 4.72 Å². The lowest BCUT2D eigenvalue weighted by molar-refractivity contribution is -0.145. The maximum absolute atomic E-state index is 12.2. The molecule has 0 unspecified atom stereocenters. The van der Waals surface area contributed by atoms with Crippen LogP contribution in [0.3, 0.4) is 0 Å². The van der Waals surface area contributed by atoms with Gasteiger partial charge in [0.25, 0.3) is 0 Å². The molecule has 3 N–H and O–H groups in total. The fourth-order valence-corrected chi connectivity index (χ4v) is 3.39. The molecule has 0 aliphatic rings.